The zero-order valence-corrected chi connectivity index (χ0v) is 9.38. The normalized spacial score (nSPS) is 19.1. The molecule has 1 fully saturated rings. The second kappa shape index (κ2) is 5.35. The van der Waals surface area contributed by atoms with Crippen LogP contribution in [0.1, 0.15) is 33.1 Å². The van der Waals surface area contributed by atoms with E-state index in [9.17, 15) is 4.79 Å². The predicted molar refractivity (Wildman–Crippen MR) is 56.0 cm³/mol. The van der Waals surface area contributed by atoms with Gasteiger partial charge in [0.05, 0.1) is 7.11 Å². The SMILES string of the molecule is COC(=O)C(NCC(C)C)C1CCC1. The van der Waals surface area contributed by atoms with Crippen molar-refractivity contribution >= 4 is 5.97 Å². The summed E-state index contributed by atoms with van der Waals surface area (Å²) in [5.41, 5.74) is 0. The number of hydrogen-bond acceptors (Lipinski definition) is 3. The van der Waals surface area contributed by atoms with Crippen molar-refractivity contribution in [3.8, 4) is 0 Å². The third-order valence-corrected chi connectivity index (χ3v) is 2.82. The molecule has 1 saturated carbocycles. The van der Waals surface area contributed by atoms with Gasteiger partial charge in [0.15, 0.2) is 0 Å². The van der Waals surface area contributed by atoms with Gasteiger partial charge in [-0.05, 0) is 31.2 Å². The standard InChI is InChI=1S/C11H21NO2/c1-8(2)7-12-10(11(13)14-3)9-5-4-6-9/h8-10,12H,4-7H2,1-3H3. The van der Waals surface area contributed by atoms with E-state index in [1.807, 2.05) is 0 Å². The summed E-state index contributed by atoms with van der Waals surface area (Å²) in [6.45, 7) is 5.17. The number of ether oxygens (including phenoxy) is 1. The molecule has 1 rings (SSSR count). The molecule has 0 radical (unpaired) electrons. The van der Waals surface area contributed by atoms with Gasteiger partial charge in [-0.25, -0.2) is 0 Å². The van der Waals surface area contributed by atoms with Gasteiger partial charge in [-0.15, -0.1) is 0 Å². The molecule has 0 aromatic rings. The predicted octanol–water partition coefficient (Wildman–Crippen LogP) is 1.57. The largest absolute Gasteiger partial charge is 0.468 e. The second-order valence-corrected chi connectivity index (χ2v) is 4.49. The van der Waals surface area contributed by atoms with Crippen LogP contribution in [0.5, 0.6) is 0 Å². The van der Waals surface area contributed by atoms with Crippen molar-refractivity contribution in [2.75, 3.05) is 13.7 Å². The molecule has 0 spiro atoms. The minimum Gasteiger partial charge on any atom is -0.468 e. The van der Waals surface area contributed by atoms with Crippen LogP contribution in [0.15, 0.2) is 0 Å². The van der Waals surface area contributed by atoms with Crippen LogP contribution in [0, 0.1) is 11.8 Å². The second-order valence-electron chi connectivity index (χ2n) is 4.49. The van der Waals surface area contributed by atoms with Crippen molar-refractivity contribution in [1.82, 2.24) is 5.32 Å². The van der Waals surface area contributed by atoms with Crippen LogP contribution < -0.4 is 5.32 Å². The molecule has 0 aromatic heterocycles. The van der Waals surface area contributed by atoms with Gasteiger partial charge >= 0.3 is 5.97 Å². The number of rotatable bonds is 5. The van der Waals surface area contributed by atoms with Crippen LogP contribution in [-0.2, 0) is 9.53 Å². The molecule has 3 nitrogen and oxygen atoms in total. The Morgan fingerprint density at radius 2 is 2.14 bits per heavy atom. The summed E-state index contributed by atoms with van der Waals surface area (Å²) in [5, 5.41) is 3.30. The van der Waals surface area contributed by atoms with Crippen molar-refractivity contribution in [3.63, 3.8) is 0 Å². The Hall–Kier alpha value is -0.570. The van der Waals surface area contributed by atoms with Gasteiger partial charge in [0.2, 0.25) is 0 Å². The van der Waals surface area contributed by atoms with Crippen LogP contribution in [0.2, 0.25) is 0 Å². The van der Waals surface area contributed by atoms with E-state index in [1.165, 1.54) is 13.5 Å². The Morgan fingerprint density at radius 1 is 1.50 bits per heavy atom. The molecule has 0 heterocycles. The number of carbonyl (C=O) groups is 1. The average molecular weight is 199 g/mol. The van der Waals surface area contributed by atoms with E-state index < -0.39 is 0 Å². The first-order valence-corrected chi connectivity index (χ1v) is 5.46. The minimum atomic E-state index is -0.102. The first-order valence-electron chi connectivity index (χ1n) is 5.46. The monoisotopic (exact) mass is 199 g/mol. The fourth-order valence-corrected chi connectivity index (χ4v) is 1.71. The van der Waals surface area contributed by atoms with Crippen molar-refractivity contribution in [2.24, 2.45) is 11.8 Å². The van der Waals surface area contributed by atoms with Gasteiger partial charge in [-0.1, -0.05) is 20.3 Å². The van der Waals surface area contributed by atoms with Gasteiger partial charge in [-0.2, -0.15) is 0 Å². The molecule has 1 unspecified atom stereocenters. The molecule has 1 aliphatic rings. The van der Waals surface area contributed by atoms with Crippen molar-refractivity contribution < 1.29 is 9.53 Å². The van der Waals surface area contributed by atoms with E-state index in [0.29, 0.717) is 11.8 Å². The third-order valence-electron chi connectivity index (χ3n) is 2.82. The summed E-state index contributed by atoms with van der Waals surface area (Å²) in [7, 11) is 1.46. The molecule has 0 amide bonds. The van der Waals surface area contributed by atoms with Gasteiger partial charge < -0.3 is 10.1 Å². The molecule has 0 saturated heterocycles. The molecule has 0 bridgehead atoms. The van der Waals surface area contributed by atoms with Gasteiger partial charge in [-0.3, -0.25) is 4.79 Å². The minimum absolute atomic E-state index is 0.0730. The van der Waals surface area contributed by atoms with Crippen LogP contribution in [0.25, 0.3) is 0 Å². The first kappa shape index (κ1) is 11.5. The average Bonchev–Trinajstić information content (AvgIpc) is 2.07. The van der Waals surface area contributed by atoms with E-state index in [-0.39, 0.29) is 12.0 Å². The highest BCUT2D eigenvalue weighted by Gasteiger charge is 2.32. The maximum absolute atomic E-state index is 11.5. The first-order chi connectivity index (χ1) is 6.65. The Labute approximate surface area is 86.2 Å². The lowest BCUT2D eigenvalue weighted by atomic mass is 9.79. The lowest BCUT2D eigenvalue weighted by Gasteiger charge is -2.32. The van der Waals surface area contributed by atoms with Crippen molar-refractivity contribution in [3.05, 3.63) is 0 Å². The topological polar surface area (TPSA) is 38.3 Å². The Morgan fingerprint density at radius 3 is 2.50 bits per heavy atom. The lowest BCUT2D eigenvalue weighted by molar-refractivity contribution is -0.145. The highest BCUT2D eigenvalue weighted by molar-refractivity contribution is 5.76. The number of nitrogens with one attached hydrogen (secondary N) is 1. The quantitative estimate of drug-likeness (QED) is 0.683. The lowest BCUT2D eigenvalue weighted by Crippen LogP contribution is -2.47. The number of carbonyl (C=O) groups excluding carboxylic acids is 1. The molecule has 0 aromatic carbocycles. The molecule has 3 heteroatoms. The number of esters is 1. The Kier molecular flexibility index (Phi) is 4.39. The van der Waals surface area contributed by atoms with Gasteiger partial charge in [0.25, 0.3) is 0 Å². The smallest absolute Gasteiger partial charge is 0.323 e. The Balaban J connectivity index is 2.39. The van der Waals surface area contributed by atoms with Crippen LogP contribution in [0.4, 0.5) is 0 Å². The third kappa shape index (κ3) is 2.98. The summed E-state index contributed by atoms with van der Waals surface area (Å²) in [6, 6.07) is -0.0730. The van der Waals surface area contributed by atoms with E-state index in [0.717, 1.165) is 19.4 Å². The van der Waals surface area contributed by atoms with Crippen LogP contribution in [-0.4, -0.2) is 25.7 Å². The molecule has 1 atom stereocenters. The molecule has 0 aliphatic heterocycles. The highest BCUT2D eigenvalue weighted by Crippen LogP contribution is 2.30. The zero-order valence-electron chi connectivity index (χ0n) is 9.38. The number of hydrogen-bond donors (Lipinski definition) is 1. The highest BCUT2D eigenvalue weighted by atomic mass is 16.5. The maximum atomic E-state index is 11.5. The van der Waals surface area contributed by atoms with Gasteiger partial charge in [0.1, 0.15) is 6.04 Å². The van der Waals surface area contributed by atoms with Crippen molar-refractivity contribution in [2.45, 2.75) is 39.2 Å². The van der Waals surface area contributed by atoms with Crippen molar-refractivity contribution in [1.29, 1.82) is 0 Å². The summed E-state index contributed by atoms with van der Waals surface area (Å²) >= 11 is 0. The summed E-state index contributed by atoms with van der Waals surface area (Å²) in [4.78, 5) is 11.5. The van der Waals surface area contributed by atoms with E-state index in [4.69, 9.17) is 4.74 Å². The summed E-state index contributed by atoms with van der Waals surface area (Å²) < 4.78 is 4.80. The summed E-state index contributed by atoms with van der Waals surface area (Å²) in [5.74, 6) is 0.971. The molecule has 14 heavy (non-hydrogen) atoms. The van der Waals surface area contributed by atoms with Crippen LogP contribution in [0.3, 0.4) is 0 Å². The zero-order chi connectivity index (χ0) is 10.6. The fraction of sp³-hybridized carbons (Fsp3) is 0.909. The van der Waals surface area contributed by atoms with E-state index in [2.05, 4.69) is 19.2 Å². The number of methoxy groups -OCH3 is 1. The van der Waals surface area contributed by atoms with Gasteiger partial charge in [0, 0.05) is 0 Å². The molecular formula is C11H21NO2. The molecule has 1 aliphatic carbocycles. The molecule has 82 valence electrons. The maximum Gasteiger partial charge on any atom is 0.323 e. The molecule has 1 N–H and O–H groups in total. The van der Waals surface area contributed by atoms with E-state index in [1.54, 1.807) is 0 Å². The summed E-state index contributed by atoms with van der Waals surface area (Å²) in [6.07, 6.45) is 3.57. The van der Waals surface area contributed by atoms with E-state index >= 15 is 0 Å². The molecular weight excluding hydrogens is 178 g/mol. The fourth-order valence-electron chi connectivity index (χ4n) is 1.71. The van der Waals surface area contributed by atoms with Crippen LogP contribution >= 0.6 is 0 Å². The Bertz CT molecular complexity index is 188.